The highest BCUT2D eigenvalue weighted by Gasteiger charge is 2.45. The molecule has 4 heteroatoms. The van der Waals surface area contributed by atoms with Crippen molar-refractivity contribution < 1.29 is 9.47 Å². The first kappa shape index (κ1) is 13.2. The molecule has 2 aliphatic rings. The molecule has 1 unspecified atom stereocenters. The third-order valence-corrected chi connectivity index (χ3v) is 3.32. The molecule has 0 radical (unpaired) electrons. The molecule has 1 atom stereocenters. The molecule has 2 rings (SSSR count). The van der Waals surface area contributed by atoms with Crippen LogP contribution in [0.4, 0.5) is 0 Å². The molecule has 3 nitrogen and oxygen atoms in total. The van der Waals surface area contributed by atoms with Crippen molar-refractivity contribution in [2.24, 2.45) is 5.92 Å². The summed E-state index contributed by atoms with van der Waals surface area (Å²) >= 11 is 0. The molecular formula is C11H22ClNO2. The summed E-state index contributed by atoms with van der Waals surface area (Å²) in [5.74, 6) is 0.595. The summed E-state index contributed by atoms with van der Waals surface area (Å²) < 4.78 is 11.3. The van der Waals surface area contributed by atoms with Crippen molar-refractivity contribution in [2.75, 3.05) is 19.8 Å². The Balaban J connectivity index is 0.00000112. The number of rotatable bonds is 1. The van der Waals surface area contributed by atoms with E-state index in [-0.39, 0.29) is 23.7 Å². The first-order valence-corrected chi connectivity index (χ1v) is 5.53. The van der Waals surface area contributed by atoms with Gasteiger partial charge in [-0.3, -0.25) is 5.32 Å². The molecule has 0 amide bonds. The molecule has 1 N–H and O–H groups in total. The van der Waals surface area contributed by atoms with E-state index in [2.05, 4.69) is 26.1 Å². The molecule has 0 bridgehead atoms. The predicted molar refractivity (Wildman–Crippen MR) is 62.4 cm³/mol. The monoisotopic (exact) mass is 235 g/mol. The molecule has 2 fully saturated rings. The van der Waals surface area contributed by atoms with Gasteiger partial charge >= 0.3 is 0 Å². The fourth-order valence-corrected chi connectivity index (χ4v) is 2.54. The molecule has 15 heavy (non-hydrogen) atoms. The highest BCUT2D eigenvalue weighted by atomic mass is 35.5. The average molecular weight is 236 g/mol. The van der Waals surface area contributed by atoms with Gasteiger partial charge in [0, 0.05) is 24.7 Å². The molecular weight excluding hydrogens is 214 g/mol. The first-order valence-electron chi connectivity index (χ1n) is 5.53. The van der Waals surface area contributed by atoms with Crippen LogP contribution in [0.2, 0.25) is 0 Å². The third kappa shape index (κ3) is 2.84. The molecule has 2 heterocycles. The Bertz CT molecular complexity index is 217. The minimum Gasteiger partial charge on any atom is -0.381 e. The first-order chi connectivity index (χ1) is 6.52. The van der Waals surface area contributed by atoms with Gasteiger partial charge in [-0.1, -0.05) is 0 Å². The van der Waals surface area contributed by atoms with E-state index < -0.39 is 0 Å². The van der Waals surface area contributed by atoms with Crippen LogP contribution < -0.4 is 5.32 Å². The summed E-state index contributed by atoms with van der Waals surface area (Å²) in [5.41, 5.74) is -0.0136. The maximum atomic E-state index is 5.93. The summed E-state index contributed by atoms with van der Waals surface area (Å²) in [6.45, 7) is 9.13. The van der Waals surface area contributed by atoms with E-state index in [4.69, 9.17) is 9.47 Å². The van der Waals surface area contributed by atoms with Gasteiger partial charge in [0.2, 0.25) is 0 Å². The van der Waals surface area contributed by atoms with Crippen LogP contribution in [-0.4, -0.2) is 31.1 Å². The van der Waals surface area contributed by atoms with Crippen LogP contribution in [0.1, 0.15) is 33.6 Å². The molecule has 90 valence electrons. The number of halogens is 1. The standard InChI is InChI=1S/C11H21NO2.ClH/c1-10(2)8-14-11(3,12-10)9-4-6-13-7-5-9;/h9,12H,4-8H2,1-3H3;1H. The van der Waals surface area contributed by atoms with E-state index in [1.807, 2.05) is 0 Å². The SMILES string of the molecule is CC1(C)COC(C)(C2CCOCC2)N1.Cl. The average Bonchev–Trinajstić information content (AvgIpc) is 2.44. The van der Waals surface area contributed by atoms with Gasteiger partial charge in [-0.25, -0.2) is 0 Å². The smallest absolute Gasteiger partial charge is 0.119 e. The van der Waals surface area contributed by atoms with E-state index in [0.717, 1.165) is 32.7 Å². The van der Waals surface area contributed by atoms with Crippen molar-refractivity contribution in [1.82, 2.24) is 5.32 Å². The van der Waals surface area contributed by atoms with Crippen LogP contribution in [-0.2, 0) is 9.47 Å². The second kappa shape index (κ2) is 4.58. The normalized spacial score (nSPS) is 36.2. The van der Waals surface area contributed by atoms with Gasteiger partial charge in [0.25, 0.3) is 0 Å². The maximum absolute atomic E-state index is 5.93. The molecule has 0 aliphatic carbocycles. The van der Waals surface area contributed by atoms with Crippen molar-refractivity contribution in [3.63, 3.8) is 0 Å². The van der Waals surface area contributed by atoms with E-state index in [1.165, 1.54) is 0 Å². The van der Waals surface area contributed by atoms with E-state index >= 15 is 0 Å². The molecule has 0 aromatic carbocycles. The van der Waals surface area contributed by atoms with Crippen molar-refractivity contribution in [2.45, 2.75) is 44.9 Å². The molecule has 0 spiro atoms. The second-order valence-electron chi connectivity index (χ2n) is 5.29. The Kier molecular flexibility index (Phi) is 4.04. The molecule has 2 saturated heterocycles. The zero-order valence-electron chi connectivity index (χ0n) is 9.84. The van der Waals surface area contributed by atoms with Gasteiger partial charge in [-0.05, 0) is 33.6 Å². The van der Waals surface area contributed by atoms with Crippen molar-refractivity contribution >= 4 is 12.4 Å². The lowest BCUT2D eigenvalue weighted by atomic mass is 9.89. The van der Waals surface area contributed by atoms with Crippen molar-refractivity contribution in [3.05, 3.63) is 0 Å². The molecule has 0 aromatic rings. The summed E-state index contributed by atoms with van der Waals surface area (Å²) in [4.78, 5) is 0. The quantitative estimate of drug-likeness (QED) is 0.754. The van der Waals surface area contributed by atoms with Gasteiger partial charge < -0.3 is 9.47 Å². The number of nitrogens with one attached hydrogen (secondary N) is 1. The minimum absolute atomic E-state index is 0. The van der Waals surface area contributed by atoms with Gasteiger partial charge in [0.1, 0.15) is 5.72 Å². The summed E-state index contributed by atoms with van der Waals surface area (Å²) in [7, 11) is 0. The van der Waals surface area contributed by atoms with Gasteiger partial charge in [-0.15, -0.1) is 12.4 Å². The number of ether oxygens (including phenoxy) is 2. The topological polar surface area (TPSA) is 30.5 Å². The van der Waals surface area contributed by atoms with Crippen LogP contribution in [0.5, 0.6) is 0 Å². The van der Waals surface area contributed by atoms with Gasteiger partial charge in [0.15, 0.2) is 0 Å². The largest absolute Gasteiger partial charge is 0.381 e. The number of hydrogen-bond acceptors (Lipinski definition) is 3. The van der Waals surface area contributed by atoms with Gasteiger partial charge in [-0.2, -0.15) is 0 Å². The van der Waals surface area contributed by atoms with E-state index in [0.29, 0.717) is 5.92 Å². The molecule has 0 saturated carbocycles. The van der Waals surface area contributed by atoms with E-state index in [9.17, 15) is 0 Å². The maximum Gasteiger partial charge on any atom is 0.119 e. The van der Waals surface area contributed by atoms with Crippen molar-refractivity contribution in [3.8, 4) is 0 Å². The molecule has 2 aliphatic heterocycles. The second-order valence-corrected chi connectivity index (χ2v) is 5.29. The Hall–Kier alpha value is 0.170. The van der Waals surface area contributed by atoms with Crippen LogP contribution >= 0.6 is 12.4 Å². The van der Waals surface area contributed by atoms with Crippen LogP contribution in [0.3, 0.4) is 0 Å². The Morgan fingerprint density at radius 3 is 2.20 bits per heavy atom. The fourth-order valence-electron chi connectivity index (χ4n) is 2.54. The lowest BCUT2D eigenvalue weighted by Gasteiger charge is -2.37. The highest BCUT2D eigenvalue weighted by Crippen LogP contribution is 2.34. The zero-order valence-corrected chi connectivity index (χ0v) is 10.7. The summed E-state index contributed by atoms with van der Waals surface area (Å²) in [6, 6.07) is 0. The Labute approximate surface area is 98.3 Å². The van der Waals surface area contributed by atoms with Crippen LogP contribution in [0.25, 0.3) is 0 Å². The zero-order chi connectivity index (χ0) is 10.2. The summed E-state index contributed by atoms with van der Waals surface area (Å²) in [5, 5.41) is 3.60. The predicted octanol–water partition coefficient (Wildman–Crippen LogP) is 1.95. The fraction of sp³-hybridized carbons (Fsp3) is 1.00. The van der Waals surface area contributed by atoms with E-state index in [1.54, 1.807) is 0 Å². The Morgan fingerprint density at radius 2 is 1.73 bits per heavy atom. The van der Waals surface area contributed by atoms with Crippen LogP contribution in [0.15, 0.2) is 0 Å². The summed E-state index contributed by atoms with van der Waals surface area (Å²) in [6.07, 6.45) is 2.22. The van der Waals surface area contributed by atoms with Gasteiger partial charge in [0.05, 0.1) is 6.61 Å². The lowest BCUT2D eigenvalue weighted by molar-refractivity contribution is -0.0799. The Morgan fingerprint density at radius 1 is 1.13 bits per heavy atom. The molecule has 0 aromatic heterocycles. The van der Waals surface area contributed by atoms with Crippen LogP contribution in [0, 0.1) is 5.92 Å². The number of hydrogen-bond donors (Lipinski definition) is 1. The lowest BCUT2D eigenvalue weighted by Crippen LogP contribution is -2.52. The highest BCUT2D eigenvalue weighted by molar-refractivity contribution is 5.85. The minimum atomic E-state index is -0.132. The third-order valence-electron chi connectivity index (χ3n) is 3.32. The van der Waals surface area contributed by atoms with Crippen molar-refractivity contribution in [1.29, 1.82) is 0 Å².